The molecule has 2 atom stereocenters. The summed E-state index contributed by atoms with van der Waals surface area (Å²) in [6.45, 7) is 1.96. The molecule has 7 heterocycles. The van der Waals surface area contributed by atoms with E-state index in [4.69, 9.17) is 21.3 Å². The number of carbonyl (C=O) groups is 2. The molecule has 20 heteroatoms. The Bertz CT molecular complexity index is 2740. The third kappa shape index (κ3) is 8.68. The first kappa shape index (κ1) is 43.3. The fourth-order valence-corrected chi connectivity index (χ4v) is 10.3. The van der Waals surface area contributed by atoms with Gasteiger partial charge in [0, 0.05) is 49.6 Å². The molecule has 14 nitrogen and oxygen atoms in total. The minimum absolute atomic E-state index is 0.102. The van der Waals surface area contributed by atoms with Crippen molar-refractivity contribution in [2.75, 3.05) is 54.9 Å². The zero-order valence-electron chi connectivity index (χ0n) is 35.6. The monoisotopic (exact) mass is 922 g/mol. The molecule has 0 bridgehead atoms. The van der Waals surface area contributed by atoms with Crippen LogP contribution in [0.3, 0.4) is 0 Å². The topological polar surface area (TPSA) is 152 Å². The third-order valence-electron chi connectivity index (χ3n) is 13.8. The van der Waals surface area contributed by atoms with Crippen molar-refractivity contribution in [3.63, 3.8) is 0 Å². The summed E-state index contributed by atoms with van der Waals surface area (Å²) in [5.41, 5.74) is 2.44. The van der Waals surface area contributed by atoms with Gasteiger partial charge in [0.05, 0.1) is 40.6 Å². The van der Waals surface area contributed by atoms with Gasteiger partial charge in [0.25, 0.3) is 5.56 Å². The van der Waals surface area contributed by atoms with Gasteiger partial charge in [0.1, 0.15) is 11.6 Å². The smallest absolute Gasteiger partial charge is 0.408 e. The molecule has 2 unspecified atom stereocenters. The highest BCUT2D eigenvalue weighted by Gasteiger charge is 2.51. The van der Waals surface area contributed by atoms with Crippen molar-refractivity contribution in [2.45, 2.75) is 87.9 Å². The second kappa shape index (κ2) is 16.7. The lowest BCUT2D eigenvalue weighted by Crippen LogP contribution is -2.44. The number of pyridine rings is 1. The number of piperidine rings is 3. The molecule has 5 aliphatic rings. The van der Waals surface area contributed by atoms with Gasteiger partial charge in [-0.1, -0.05) is 23.7 Å². The number of nitrogens with zero attached hydrogens (tertiary/aromatic N) is 7. The Morgan fingerprint density at radius 2 is 1.71 bits per heavy atom. The number of ether oxygens (including phenoxy) is 1. The summed E-state index contributed by atoms with van der Waals surface area (Å²) in [6.07, 6.45) is 2.26. The number of anilines is 4. The Kier molecular flexibility index (Phi) is 11.1. The fourth-order valence-electron chi connectivity index (χ4n) is 10.1. The number of imide groups is 1. The summed E-state index contributed by atoms with van der Waals surface area (Å²) >= 11 is 6.61. The summed E-state index contributed by atoms with van der Waals surface area (Å²) in [4.78, 5) is 51.6. The number of alkyl halides is 5. The molecule has 2 amide bonds. The van der Waals surface area contributed by atoms with Crippen LogP contribution in [0.1, 0.15) is 74.5 Å². The molecule has 10 rings (SSSR count). The molecule has 4 fully saturated rings. The van der Waals surface area contributed by atoms with Crippen LogP contribution in [0.15, 0.2) is 47.4 Å². The Morgan fingerprint density at radius 1 is 0.938 bits per heavy atom. The van der Waals surface area contributed by atoms with Crippen molar-refractivity contribution in [3.05, 3.63) is 69.2 Å². The Hall–Kier alpha value is -5.56. The predicted octanol–water partition coefficient (Wildman–Crippen LogP) is 7.47. The van der Waals surface area contributed by atoms with E-state index in [1.165, 1.54) is 4.57 Å². The van der Waals surface area contributed by atoms with Gasteiger partial charge in [-0.3, -0.25) is 24.4 Å². The quantitative estimate of drug-likeness (QED) is 0.0998. The number of halogens is 6. The van der Waals surface area contributed by atoms with Gasteiger partial charge in [-0.2, -0.15) is 23.3 Å². The van der Waals surface area contributed by atoms with E-state index in [1.807, 2.05) is 6.07 Å². The van der Waals surface area contributed by atoms with E-state index in [9.17, 15) is 27.6 Å². The lowest BCUT2D eigenvalue weighted by molar-refractivity contribution is -0.141. The van der Waals surface area contributed by atoms with Crippen molar-refractivity contribution in [2.24, 2.45) is 18.9 Å². The van der Waals surface area contributed by atoms with Crippen LogP contribution in [-0.2, 0) is 23.2 Å². The van der Waals surface area contributed by atoms with Crippen molar-refractivity contribution in [1.29, 1.82) is 0 Å². The predicted molar refractivity (Wildman–Crippen MR) is 234 cm³/mol. The van der Waals surface area contributed by atoms with Crippen molar-refractivity contribution >= 4 is 68.4 Å². The first-order valence-electron chi connectivity index (χ1n) is 22.2. The van der Waals surface area contributed by atoms with E-state index >= 15 is 8.78 Å². The van der Waals surface area contributed by atoms with Gasteiger partial charge >= 0.3 is 12.1 Å². The molecule has 3 saturated heterocycles. The highest BCUT2D eigenvalue weighted by molar-refractivity contribution is 6.33. The summed E-state index contributed by atoms with van der Waals surface area (Å²) < 4.78 is 79.2. The fraction of sp³-hybridized carbons (Fsp3) is 0.511. The van der Waals surface area contributed by atoms with Crippen molar-refractivity contribution in [3.8, 4) is 5.75 Å². The van der Waals surface area contributed by atoms with E-state index in [1.54, 1.807) is 43.6 Å². The molecule has 344 valence electrons. The van der Waals surface area contributed by atoms with Crippen LogP contribution in [-0.4, -0.2) is 98.5 Å². The second-order valence-electron chi connectivity index (χ2n) is 18.2. The van der Waals surface area contributed by atoms with E-state index in [2.05, 4.69) is 35.8 Å². The first-order chi connectivity index (χ1) is 31.1. The number of carbonyl (C=O) groups excluding carboxylic acids is 2. The second-order valence-corrected chi connectivity index (χ2v) is 18.7. The molecular formula is C45H48ClF5N10O4. The van der Waals surface area contributed by atoms with Crippen molar-refractivity contribution in [1.82, 2.24) is 34.5 Å². The number of nitrogens with one attached hydrogen (secondary N) is 3. The maximum atomic E-state index is 15.2. The molecule has 1 aliphatic carbocycles. The zero-order valence-corrected chi connectivity index (χ0v) is 36.3. The summed E-state index contributed by atoms with van der Waals surface area (Å²) in [5.74, 6) is -3.72. The summed E-state index contributed by atoms with van der Waals surface area (Å²) in [6, 6.07) is 9.66. The van der Waals surface area contributed by atoms with E-state index in [0.717, 1.165) is 68.7 Å². The van der Waals surface area contributed by atoms with Crippen LogP contribution in [0, 0.1) is 11.8 Å². The van der Waals surface area contributed by atoms with E-state index in [0.29, 0.717) is 63.0 Å². The average molecular weight is 923 g/mol. The highest BCUT2D eigenvalue weighted by atomic mass is 35.5. The maximum Gasteiger partial charge on any atom is 0.408 e. The molecular weight excluding hydrogens is 875 g/mol. The average Bonchev–Trinajstić information content (AvgIpc) is 4.07. The number of aromatic nitrogens is 5. The molecule has 5 aromatic rings. The first-order valence-corrected chi connectivity index (χ1v) is 22.6. The number of fused-ring (bicyclic) bond motifs is 4. The summed E-state index contributed by atoms with van der Waals surface area (Å²) in [7, 11) is 1.58. The molecule has 65 heavy (non-hydrogen) atoms. The normalized spacial score (nSPS) is 22.4. The van der Waals surface area contributed by atoms with Gasteiger partial charge in [-0.15, -0.1) is 0 Å². The van der Waals surface area contributed by atoms with Crippen LogP contribution in [0.2, 0.25) is 5.02 Å². The number of benzene rings is 2. The molecule has 2 aromatic carbocycles. The standard InChI is InChI=1S/C45H48ClF5N10O4/c1-58-33-8-5-28(19-31(33)37-38(42(58)64)65-23-44(47,48)39(55-37)26-2-3-26)53-40-32(46)20-52-43(56-40)60-16-10-24(11-17-60)21-59-14-12-25(13-15-59)27-4-6-29-34(18-27)61(22-45(49,50)51)57-36(29)30-7-9-35(62)54-41(30)63/h4-6,8,18-20,24-26,30,39,55H,2-3,7,9-17,21-23H2,1H3,(H,52,53,56)(H,54,62,63). The number of amides is 2. The number of hydrogen-bond donors (Lipinski definition) is 3. The lowest BCUT2D eigenvalue weighted by atomic mass is 9.87. The summed E-state index contributed by atoms with van der Waals surface area (Å²) in [5, 5.41) is 14.2. The molecule has 0 spiro atoms. The molecule has 3 aromatic heterocycles. The van der Waals surface area contributed by atoms with Crippen LogP contribution in [0.5, 0.6) is 5.75 Å². The van der Waals surface area contributed by atoms with E-state index in [-0.39, 0.29) is 41.8 Å². The van der Waals surface area contributed by atoms with Crippen LogP contribution in [0.4, 0.5) is 45.1 Å². The Balaban J connectivity index is 0.772. The lowest BCUT2D eigenvalue weighted by Gasteiger charge is -2.38. The zero-order chi connectivity index (χ0) is 45.4. The van der Waals surface area contributed by atoms with Crippen LogP contribution >= 0.6 is 11.6 Å². The molecule has 0 radical (unpaired) electrons. The number of rotatable bonds is 9. The molecule has 1 saturated carbocycles. The van der Waals surface area contributed by atoms with Crippen LogP contribution in [0.25, 0.3) is 21.8 Å². The maximum absolute atomic E-state index is 15.2. The van der Waals surface area contributed by atoms with E-state index < -0.39 is 54.6 Å². The van der Waals surface area contributed by atoms with Gasteiger partial charge < -0.3 is 29.7 Å². The number of hydrogen-bond acceptors (Lipinski definition) is 11. The minimum Gasteiger partial charge on any atom is -0.480 e. The van der Waals surface area contributed by atoms with Gasteiger partial charge in [-0.05, 0) is 106 Å². The molecule has 3 N–H and O–H groups in total. The van der Waals surface area contributed by atoms with Crippen LogP contribution < -0.4 is 31.1 Å². The van der Waals surface area contributed by atoms with Gasteiger partial charge in [0.2, 0.25) is 23.5 Å². The Labute approximate surface area is 374 Å². The number of likely N-dealkylation sites (tertiary alicyclic amines) is 1. The number of aryl methyl sites for hydroxylation is 1. The Morgan fingerprint density at radius 3 is 2.43 bits per heavy atom. The minimum atomic E-state index is -4.51. The van der Waals surface area contributed by atoms with Crippen molar-refractivity contribution < 1.29 is 36.3 Å². The largest absolute Gasteiger partial charge is 0.480 e. The molecule has 4 aliphatic heterocycles. The highest BCUT2D eigenvalue weighted by Crippen LogP contribution is 2.46. The SMILES string of the molecule is Cn1c(=O)c2c(c3cc(Nc4nc(N5CCC(CN6CCC(c7ccc8c(C9CCC(=O)NC9=O)nn(CC(F)(F)F)c8c7)CC6)CC5)ncc4Cl)ccc31)NC(C1CC1)C(F)(F)CO2. The van der Waals surface area contributed by atoms with Gasteiger partial charge in [0.15, 0.2) is 12.4 Å². The third-order valence-corrected chi connectivity index (χ3v) is 14.1. The van der Waals surface area contributed by atoms with Gasteiger partial charge in [-0.25, -0.2) is 13.8 Å².